The van der Waals surface area contributed by atoms with Gasteiger partial charge in [-0.2, -0.15) is 0 Å². The molecule has 0 aliphatic rings. The number of nitrogens with one attached hydrogen (secondary N) is 1. The molecule has 0 fully saturated rings. The number of amides is 1. The number of hydrogen-bond donors (Lipinski definition) is 3. The summed E-state index contributed by atoms with van der Waals surface area (Å²) in [5.74, 6) is -0.0980. The molecule has 0 aromatic rings. The van der Waals surface area contributed by atoms with Gasteiger partial charge >= 0.3 is 0 Å². The van der Waals surface area contributed by atoms with Crippen LogP contribution in [0.4, 0.5) is 0 Å². The van der Waals surface area contributed by atoms with E-state index in [0.29, 0.717) is 6.42 Å². The highest BCUT2D eigenvalue weighted by Gasteiger charge is 2.17. The molecule has 0 rings (SSSR count). The van der Waals surface area contributed by atoms with E-state index >= 15 is 0 Å². The van der Waals surface area contributed by atoms with Gasteiger partial charge in [0.15, 0.2) is 0 Å². The average molecular weight is 682 g/mol. The fourth-order valence-corrected chi connectivity index (χ4v) is 5.79. The van der Waals surface area contributed by atoms with Crippen molar-refractivity contribution in [3.05, 3.63) is 72.9 Å². The van der Waals surface area contributed by atoms with Gasteiger partial charge in [0, 0.05) is 6.42 Å². The first-order valence-electron chi connectivity index (χ1n) is 20.7. The molecular weight excluding hydrogens is 602 g/mol. The van der Waals surface area contributed by atoms with Crippen molar-refractivity contribution in [2.75, 3.05) is 6.61 Å². The van der Waals surface area contributed by atoms with Crippen LogP contribution in [0.5, 0.6) is 0 Å². The smallest absolute Gasteiger partial charge is 0.220 e. The van der Waals surface area contributed by atoms with E-state index in [1.54, 1.807) is 6.08 Å². The van der Waals surface area contributed by atoms with E-state index < -0.39 is 12.1 Å². The Hall–Kier alpha value is -2.17. The molecule has 0 spiro atoms. The number of carbonyl (C=O) groups excluding carboxylic acids is 1. The summed E-state index contributed by atoms with van der Waals surface area (Å²) in [6, 6.07) is -0.643. The Labute approximate surface area is 304 Å². The van der Waals surface area contributed by atoms with Crippen molar-refractivity contribution in [3.63, 3.8) is 0 Å². The maximum absolute atomic E-state index is 12.4. The number of rotatable bonds is 36. The van der Waals surface area contributed by atoms with Gasteiger partial charge < -0.3 is 15.5 Å². The Morgan fingerprint density at radius 3 is 1.35 bits per heavy atom. The van der Waals surface area contributed by atoms with Gasteiger partial charge in [0.05, 0.1) is 18.8 Å². The van der Waals surface area contributed by atoms with E-state index in [9.17, 15) is 15.0 Å². The average Bonchev–Trinajstić information content (AvgIpc) is 3.10. The number of aliphatic hydroxyl groups excluding tert-OH is 2. The zero-order chi connectivity index (χ0) is 35.7. The van der Waals surface area contributed by atoms with Gasteiger partial charge in [-0.1, -0.05) is 189 Å². The second-order valence-corrected chi connectivity index (χ2v) is 13.7. The first kappa shape index (κ1) is 46.8. The van der Waals surface area contributed by atoms with Gasteiger partial charge in [-0.15, -0.1) is 0 Å². The number of aliphatic hydroxyl groups is 2. The molecule has 0 bridgehead atoms. The van der Waals surface area contributed by atoms with Crippen LogP contribution in [0.2, 0.25) is 0 Å². The molecule has 4 nitrogen and oxygen atoms in total. The normalized spacial score (nSPS) is 13.8. The summed E-state index contributed by atoms with van der Waals surface area (Å²) in [4.78, 5) is 12.4. The van der Waals surface area contributed by atoms with Gasteiger partial charge in [-0.05, 0) is 64.2 Å². The van der Waals surface area contributed by atoms with Crippen LogP contribution in [-0.4, -0.2) is 34.9 Å². The van der Waals surface area contributed by atoms with Crippen LogP contribution in [0.1, 0.15) is 187 Å². The van der Waals surface area contributed by atoms with Gasteiger partial charge in [-0.3, -0.25) is 4.79 Å². The first-order valence-corrected chi connectivity index (χ1v) is 20.7. The quantitative estimate of drug-likeness (QED) is 0.0455. The third-order valence-electron chi connectivity index (χ3n) is 8.95. The summed E-state index contributed by atoms with van der Waals surface area (Å²) in [5, 5.41) is 23.0. The molecule has 0 saturated heterocycles. The highest BCUT2D eigenvalue weighted by Crippen LogP contribution is 2.14. The summed E-state index contributed by atoms with van der Waals surface area (Å²) in [6.07, 6.45) is 57.1. The van der Waals surface area contributed by atoms with Gasteiger partial charge in [0.1, 0.15) is 0 Å². The monoisotopic (exact) mass is 682 g/mol. The van der Waals surface area contributed by atoms with Crippen LogP contribution < -0.4 is 5.32 Å². The van der Waals surface area contributed by atoms with Crippen molar-refractivity contribution >= 4 is 5.91 Å². The Bertz CT molecular complexity index is 868. The van der Waals surface area contributed by atoms with Crippen molar-refractivity contribution in [1.29, 1.82) is 0 Å². The third-order valence-corrected chi connectivity index (χ3v) is 8.95. The minimum absolute atomic E-state index is 0.0980. The predicted octanol–water partition coefficient (Wildman–Crippen LogP) is 12.7. The lowest BCUT2D eigenvalue weighted by Gasteiger charge is -2.19. The predicted molar refractivity (Wildman–Crippen MR) is 216 cm³/mol. The topological polar surface area (TPSA) is 69.6 Å². The van der Waals surface area contributed by atoms with E-state index in [0.717, 1.165) is 70.6 Å². The molecule has 0 saturated carbocycles. The van der Waals surface area contributed by atoms with Crippen LogP contribution >= 0.6 is 0 Å². The van der Waals surface area contributed by atoms with Crippen LogP contribution in [0.3, 0.4) is 0 Å². The minimum Gasteiger partial charge on any atom is -0.394 e. The molecule has 1 amide bonds. The molecule has 2 unspecified atom stereocenters. The number of unbranched alkanes of at least 4 members (excludes halogenated alkanes) is 19. The minimum atomic E-state index is -0.856. The molecule has 3 N–H and O–H groups in total. The maximum atomic E-state index is 12.4. The molecule has 49 heavy (non-hydrogen) atoms. The molecule has 0 heterocycles. The first-order chi connectivity index (χ1) is 24.2. The van der Waals surface area contributed by atoms with Crippen LogP contribution in [0, 0.1) is 0 Å². The molecular formula is C45H79NO3. The molecule has 4 heteroatoms. The van der Waals surface area contributed by atoms with Crippen LogP contribution in [-0.2, 0) is 4.79 Å². The second kappa shape index (κ2) is 40.3. The van der Waals surface area contributed by atoms with Crippen LogP contribution in [0.15, 0.2) is 72.9 Å². The van der Waals surface area contributed by atoms with E-state index in [-0.39, 0.29) is 12.5 Å². The third kappa shape index (κ3) is 36.9. The molecule has 0 aromatic heterocycles. The fourth-order valence-electron chi connectivity index (χ4n) is 5.79. The molecule has 2 atom stereocenters. The van der Waals surface area contributed by atoms with Crippen molar-refractivity contribution < 1.29 is 15.0 Å². The lowest BCUT2D eigenvalue weighted by molar-refractivity contribution is -0.123. The zero-order valence-corrected chi connectivity index (χ0v) is 32.2. The Morgan fingerprint density at radius 1 is 0.510 bits per heavy atom. The van der Waals surface area contributed by atoms with Gasteiger partial charge in [0.2, 0.25) is 5.91 Å². The Morgan fingerprint density at radius 2 is 0.898 bits per heavy atom. The molecule has 0 radical (unpaired) electrons. The van der Waals surface area contributed by atoms with E-state index in [1.165, 1.54) is 96.3 Å². The summed E-state index contributed by atoms with van der Waals surface area (Å²) in [6.45, 7) is 4.17. The standard InChI is InChI=1S/C45H79NO3/c1-3-5-7-9-11-13-15-17-19-21-23-25-27-29-31-33-35-37-39-41-45(49)46-43(42-47)44(48)40-38-36-34-32-30-28-26-24-22-20-18-16-14-12-10-8-6-4-2/h5,7,11,13,17,19,23,25,29,31,38,40,43-44,47-48H,3-4,6,8-10,12,14-16,18,20-22,24,26-28,30,32-37,39,41-42H2,1-2H3,(H,46,49)/b7-5-,13-11-,19-17-,25-23-,31-29-,40-38+. The second-order valence-electron chi connectivity index (χ2n) is 13.7. The van der Waals surface area contributed by atoms with Crippen LogP contribution in [0.25, 0.3) is 0 Å². The molecule has 0 aliphatic heterocycles. The van der Waals surface area contributed by atoms with Gasteiger partial charge in [-0.25, -0.2) is 0 Å². The lowest BCUT2D eigenvalue weighted by Crippen LogP contribution is -2.45. The van der Waals surface area contributed by atoms with Crippen molar-refractivity contribution in [3.8, 4) is 0 Å². The number of carbonyl (C=O) groups is 1. The summed E-state index contributed by atoms with van der Waals surface area (Å²) < 4.78 is 0. The maximum Gasteiger partial charge on any atom is 0.220 e. The highest BCUT2D eigenvalue weighted by atomic mass is 16.3. The Balaban J connectivity index is 3.69. The summed E-state index contributed by atoms with van der Waals surface area (Å²) >= 11 is 0. The van der Waals surface area contributed by atoms with Crippen molar-refractivity contribution in [1.82, 2.24) is 5.32 Å². The largest absolute Gasteiger partial charge is 0.394 e. The van der Waals surface area contributed by atoms with E-state index in [2.05, 4.69) is 79.9 Å². The van der Waals surface area contributed by atoms with E-state index in [1.807, 2.05) is 6.08 Å². The summed E-state index contributed by atoms with van der Waals surface area (Å²) in [5.41, 5.74) is 0. The fraction of sp³-hybridized carbons (Fsp3) is 0.711. The SMILES string of the molecule is CC/C=C\C/C=C\C/C=C\C/C=C\C/C=C\CCCCCC(=O)NC(CO)C(O)/C=C/CCCCCCCCCCCCCCCCCC. The highest BCUT2D eigenvalue weighted by molar-refractivity contribution is 5.76. The summed E-state index contributed by atoms with van der Waals surface area (Å²) in [7, 11) is 0. The van der Waals surface area contributed by atoms with Gasteiger partial charge in [0.25, 0.3) is 0 Å². The lowest BCUT2D eigenvalue weighted by atomic mass is 10.0. The molecule has 0 aromatic carbocycles. The number of hydrogen-bond acceptors (Lipinski definition) is 3. The molecule has 0 aliphatic carbocycles. The Kier molecular flexibility index (Phi) is 38.5. The molecule has 282 valence electrons. The van der Waals surface area contributed by atoms with Crippen molar-refractivity contribution in [2.24, 2.45) is 0 Å². The van der Waals surface area contributed by atoms with E-state index in [4.69, 9.17) is 0 Å². The number of allylic oxidation sites excluding steroid dienone is 11. The van der Waals surface area contributed by atoms with Crippen molar-refractivity contribution in [2.45, 2.75) is 199 Å². The zero-order valence-electron chi connectivity index (χ0n) is 32.2.